The van der Waals surface area contributed by atoms with Crippen molar-refractivity contribution < 1.29 is 8.42 Å². The first kappa shape index (κ1) is 13.6. The van der Waals surface area contributed by atoms with Gasteiger partial charge in [-0.3, -0.25) is 0 Å². The van der Waals surface area contributed by atoms with Crippen LogP contribution in [0.15, 0.2) is 83.1 Å². The van der Waals surface area contributed by atoms with E-state index >= 15 is 0 Å². The van der Waals surface area contributed by atoms with Crippen LogP contribution in [0, 0.1) is 0 Å². The zero-order valence-electron chi connectivity index (χ0n) is 11.3. The highest BCUT2D eigenvalue weighted by molar-refractivity contribution is 7.94. The van der Waals surface area contributed by atoms with Crippen LogP contribution in [-0.4, -0.2) is 8.42 Å². The molecule has 0 saturated carbocycles. The van der Waals surface area contributed by atoms with Gasteiger partial charge in [0.2, 0.25) is 0 Å². The Morgan fingerprint density at radius 1 is 0.714 bits per heavy atom. The zero-order valence-corrected chi connectivity index (χ0v) is 12.1. The molecule has 0 heterocycles. The summed E-state index contributed by atoms with van der Waals surface area (Å²) in [6, 6.07) is 22.3. The van der Waals surface area contributed by atoms with Crippen molar-refractivity contribution in [1.82, 2.24) is 0 Å². The van der Waals surface area contributed by atoms with Gasteiger partial charge in [-0.1, -0.05) is 54.6 Å². The minimum atomic E-state index is -3.39. The van der Waals surface area contributed by atoms with Crippen LogP contribution in [0.4, 0.5) is 0 Å². The van der Waals surface area contributed by atoms with Crippen LogP contribution < -0.4 is 0 Å². The topological polar surface area (TPSA) is 34.1 Å². The van der Waals surface area contributed by atoms with E-state index in [0.29, 0.717) is 4.90 Å². The van der Waals surface area contributed by atoms with Crippen LogP contribution in [0.3, 0.4) is 0 Å². The fraction of sp³-hybridized carbons (Fsp3) is 0. The molecule has 0 unspecified atom stereocenters. The van der Waals surface area contributed by atoms with Crippen LogP contribution in [0.5, 0.6) is 0 Å². The lowest BCUT2D eigenvalue weighted by atomic mass is 10.1. The van der Waals surface area contributed by atoms with Gasteiger partial charge in [-0.25, -0.2) is 8.42 Å². The van der Waals surface area contributed by atoms with Crippen LogP contribution in [0.2, 0.25) is 0 Å². The van der Waals surface area contributed by atoms with E-state index < -0.39 is 9.84 Å². The number of fused-ring (bicyclic) bond motifs is 1. The average Bonchev–Trinajstić information content (AvgIpc) is 2.54. The molecule has 0 atom stereocenters. The van der Waals surface area contributed by atoms with Crippen LogP contribution in [-0.2, 0) is 9.84 Å². The van der Waals surface area contributed by atoms with Crippen LogP contribution in [0.25, 0.3) is 16.8 Å². The molecule has 0 amide bonds. The van der Waals surface area contributed by atoms with Crippen molar-refractivity contribution in [3.05, 3.63) is 83.8 Å². The molecule has 0 aromatic heterocycles. The standard InChI is InChI=1S/C18H14O2S/c19-21(20,18-8-2-1-3-9-18)13-12-15-10-11-16-6-4-5-7-17(16)14-15/h1-14H. The summed E-state index contributed by atoms with van der Waals surface area (Å²) >= 11 is 0. The largest absolute Gasteiger partial charge is 0.219 e. The van der Waals surface area contributed by atoms with E-state index in [1.165, 1.54) is 5.41 Å². The number of sulfone groups is 1. The summed E-state index contributed by atoms with van der Waals surface area (Å²) in [4.78, 5) is 0.307. The molecule has 3 rings (SSSR count). The zero-order chi connectivity index (χ0) is 14.7. The summed E-state index contributed by atoms with van der Waals surface area (Å²) in [5.41, 5.74) is 0.869. The Labute approximate surface area is 124 Å². The second-order valence-electron chi connectivity index (χ2n) is 4.77. The molecule has 0 fully saturated rings. The second-order valence-corrected chi connectivity index (χ2v) is 6.60. The fourth-order valence-corrected chi connectivity index (χ4v) is 3.20. The van der Waals surface area contributed by atoms with Gasteiger partial charge in [-0.05, 0) is 40.6 Å². The van der Waals surface area contributed by atoms with Gasteiger partial charge in [-0.15, -0.1) is 0 Å². The fourth-order valence-electron chi connectivity index (χ4n) is 2.17. The number of hydrogen-bond acceptors (Lipinski definition) is 2. The normalized spacial score (nSPS) is 12.0. The van der Waals surface area contributed by atoms with Crippen molar-refractivity contribution in [1.29, 1.82) is 0 Å². The summed E-state index contributed by atoms with van der Waals surface area (Å²) in [6.07, 6.45) is 1.63. The van der Waals surface area contributed by atoms with E-state index in [9.17, 15) is 8.42 Å². The third-order valence-electron chi connectivity index (χ3n) is 3.28. The van der Waals surface area contributed by atoms with E-state index in [0.717, 1.165) is 16.3 Å². The Balaban J connectivity index is 1.94. The summed E-state index contributed by atoms with van der Waals surface area (Å²) < 4.78 is 24.4. The maximum absolute atomic E-state index is 12.2. The lowest BCUT2D eigenvalue weighted by Gasteiger charge is -2.00. The molecule has 0 aliphatic heterocycles. The molecule has 21 heavy (non-hydrogen) atoms. The molecule has 3 heteroatoms. The average molecular weight is 294 g/mol. The van der Waals surface area contributed by atoms with Crippen molar-refractivity contribution >= 4 is 26.7 Å². The number of rotatable bonds is 3. The van der Waals surface area contributed by atoms with E-state index in [1.807, 2.05) is 42.5 Å². The SMILES string of the molecule is O=S(=O)(C=Cc1ccc2ccccc2c1)c1ccccc1. The Hall–Kier alpha value is -2.39. The van der Waals surface area contributed by atoms with Crippen LogP contribution in [0.1, 0.15) is 5.56 Å². The molecule has 0 spiro atoms. The highest BCUT2D eigenvalue weighted by atomic mass is 32.2. The Morgan fingerprint density at radius 2 is 1.38 bits per heavy atom. The molecule has 0 saturated heterocycles. The molecular formula is C18H14O2S. The van der Waals surface area contributed by atoms with Gasteiger partial charge < -0.3 is 0 Å². The van der Waals surface area contributed by atoms with Gasteiger partial charge in [0, 0.05) is 5.41 Å². The maximum atomic E-state index is 12.2. The Kier molecular flexibility index (Phi) is 3.59. The quantitative estimate of drug-likeness (QED) is 0.722. The monoisotopic (exact) mass is 294 g/mol. The molecule has 0 aliphatic rings. The van der Waals surface area contributed by atoms with Gasteiger partial charge in [0.25, 0.3) is 0 Å². The van der Waals surface area contributed by atoms with Crippen molar-refractivity contribution in [2.24, 2.45) is 0 Å². The molecule has 104 valence electrons. The predicted molar refractivity (Wildman–Crippen MR) is 86.6 cm³/mol. The lowest BCUT2D eigenvalue weighted by molar-refractivity contribution is 0.605. The highest BCUT2D eigenvalue weighted by Crippen LogP contribution is 2.18. The molecule has 0 N–H and O–H groups in total. The van der Waals surface area contributed by atoms with Gasteiger partial charge >= 0.3 is 0 Å². The summed E-state index contributed by atoms with van der Waals surface area (Å²) in [7, 11) is -3.39. The Bertz CT molecular complexity index is 895. The van der Waals surface area contributed by atoms with Crippen molar-refractivity contribution in [2.45, 2.75) is 4.90 Å². The summed E-state index contributed by atoms with van der Waals surface area (Å²) in [5, 5.41) is 3.49. The van der Waals surface area contributed by atoms with Crippen LogP contribution >= 0.6 is 0 Å². The molecule has 0 radical (unpaired) electrons. The maximum Gasteiger partial charge on any atom is 0.199 e. The third kappa shape index (κ3) is 3.03. The minimum absolute atomic E-state index is 0.307. The first-order valence-electron chi connectivity index (χ1n) is 6.62. The summed E-state index contributed by atoms with van der Waals surface area (Å²) in [6.45, 7) is 0. The molecule has 0 aliphatic carbocycles. The lowest BCUT2D eigenvalue weighted by Crippen LogP contribution is -1.95. The van der Waals surface area contributed by atoms with Gasteiger partial charge in [-0.2, -0.15) is 0 Å². The molecule has 2 nitrogen and oxygen atoms in total. The number of hydrogen-bond donors (Lipinski definition) is 0. The predicted octanol–water partition coefficient (Wildman–Crippen LogP) is 4.28. The number of benzene rings is 3. The van der Waals surface area contributed by atoms with E-state index in [4.69, 9.17) is 0 Å². The smallest absolute Gasteiger partial charge is 0.199 e. The minimum Gasteiger partial charge on any atom is -0.219 e. The van der Waals surface area contributed by atoms with E-state index in [2.05, 4.69) is 0 Å². The Morgan fingerprint density at radius 3 is 2.14 bits per heavy atom. The first-order chi connectivity index (χ1) is 10.1. The van der Waals surface area contributed by atoms with Crippen molar-refractivity contribution in [2.75, 3.05) is 0 Å². The first-order valence-corrected chi connectivity index (χ1v) is 8.17. The molecule has 3 aromatic carbocycles. The van der Waals surface area contributed by atoms with E-state index in [1.54, 1.807) is 36.4 Å². The van der Waals surface area contributed by atoms with Gasteiger partial charge in [0.1, 0.15) is 0 Å². The van der Waals surface area contributed by atoms with Gasteiger partial charge in [0.05, 0.1) is 4.90 Å². The molecule has 3 aromatic rings. The van der Waals surface area contributed by atoms with Crippen molar-refractivity contribution in [3.8, 4) is 0 Å². The summed E-state index contributed by atoms with van der Waals surface area (Å²) in [5.74, 6) is 0. The second kappa shape index (κ2) is 5.54. The third-order valence-corrected chi connectivity index (χ3v) is 4.71. The van der Waals surface area contributed by atoms with E-state index in [-0.39, 0.29) is 0 Å². The highest BCUT2D eigenvalue weighted by Gasteiger charge is 2.08. The van der Waals surface area contributed by atoms with Gasteiger partial charge in [0.15, 0.2) is 9.84 Å². The molecular weight excluding hydrogens is 280 g/mol. The molecule has 0 bridgehead atoms. The van der Waals surface area contributed by atoms with Crippen molar-refractivity contribution in [3.63, 3.8) is 0 Å².